The molecule has 0 saturated heterocycles. The number of fused-ring (bicyclic) bond motifs is 2. The second-order valence-electron chi connectivity index (χ2n) is 7.29. The Bertz CT molecular complexity index is 934. The van der Waals surface area contributed by atoms with Crippen LogP contribution in [0.5, 0.6) is 0 Å². The molecule has 3 nitrogen and oxygen atoms in total. The molecule has 0 fully saturated rings. The van der Waals surface area contributed by atoms with E-state index in [1.54, 1.807) is 0 Å². The van der Waals surface area contributed by atoms with Crippen LogP contribution in [-0.2, 0) is 0 Å². The summed E-state index contributed by atoms with van der Waals surface area (Å²) < 4.78 is 3.64. The van der Waals surface area contributed by atoms with Crippen LogP contribution in [0.2, 0.25) is 0 Å². The molecule has 2 aliphatic rings. The molecule has 1 aliphatic heterocycles. The number of nitrogens with zero attached hydrogens (tertiary/aromatic N) is 2. The zero-order chi connectivity index (χ0) is 18.7. The topological polar surface area (TPSA) is 27.9 Å². The minimum atomic E-state index is 0.720. The van der Waals surface area contributed by atoms with Crippen molar-refractivity contribution in [1.29, 1.82) is 0 Å². The molecular weight excluding hydrogens is 338 g/mol. The first-order valence-corrected chi connectivity index (χ1v) is 10.5. The van der Waals surface area contributed by atoms with Crippen molar-refractivity contribution in [3.8, 4) is 10.6 Å². The molecule has 0 saturated carbocycles. The fourth-order valence-corrected chi connectivity index (χ4v) is 4.39. The van der Waals surface area contributed by atoms with Gasteiger partial charge in [-0.2, -0.15) is 0 Å². The van der Waals surface area contributed by atoms with Crippen molar-refractivity contribution in [2.75, 3.05) is 25.0 Å². The molecule has 0 unspecified atom stereocenters. The van der Waals surface area contributed by atoms with Crippen LogP contribution in [-0.4, -0.2) is 24.6 Å². The molecule has 1 heterocycles. The van der Waals surface area contributed by atoms with Gasteiger partial charge in [-0.25, -0.2) is 9.56 Å². The van der Waals surface area contributed by atoms with Crippen molar-refractivity contribution in [3.05, 3.63) is 41.3 Å². The number of anilines is 1. The minimum Gasteiger partial charge on any atom is -0.385 e. The highest BCUT2D eigenvalue weighted by atomic mass is 32.1. The third-order valence-electron chi connectivity index (χ3n) is 4.84. The zero-order valence-electron chi connectivity index (χ0n) is 16.6. The number of aryl methyl sites for hydroxylation is 1. The van der Waals surface area contributed by atoms with Gasteiger partial charge < -0.3 is 5.32 Å². The number of benzene rings is 2. The Balaban J connectivity index is 2.06. The van der Waals surface area contributed by atoms with Crippen LogP contribution >= 0.6 is 11.3 Å². The van der Waals surface area contributed by atoms with Crippen LogP contribution in [0.15, 0.2) is 30.3 Å². The molecule has 1 aromatic rings. The second kappa shape index (κ2) is 8.17. The van der Waals surface area contributed by atoms with Crippen molar-refractivity contribution >= 4 is 27.2 Å². The lowest BCUT2D eigenvalue weighted by atomic mass is 10.1. The molecule has 0 bridgehead atoms. The van der Waals surface area contributed by atoms with Gasteiger partial charge in [-0.1, -0.05) is 13.8 Å². The monoisotopic (exact) mass is 368 g/mol. The van der Waals surface area contributed by atoms with Crippen molar-refractivity contribution in [1.82, 2.24) is 9.56 Å². The van der Waals surface area contributed by atoms with E-state index in [1.165, 1.54) is 32.6 Å². The molecule has 3 rings (SSSR count). The lowest BCUT2D eigenvalue weighted by Gasteiger charge is -2.12. The average molecular weight is 369 g/mol. The van der Waals surface area contributed by atoms with Crippen molar-refractivity contribution < 1.29 is 0 Å². The molecule has 26 heavy (non-hydrogen) atoms. The molecule has 4 heteroatoms. The SMILES string of the molecule is CC[N+](CC)=c1cc2sc3cc(NCCC(C)C)ccc3nc-2c(C)c1. The number of hydrogen-bond acceptors (Lipinski definition) is 3. The molecule has 0 spiro atoms. The second-order valence-corrected chi connectivity index (χ2v) is 8.37. The highest BCUT2D eigenvalue weighted by molar-refractivity contribution is 7.21. The van der Waals surface area contributed by atoms with Gasteiger partial charge in [0, 0.05) is 24.4 Å². The van der Waals surface area contributed by atoms with E-state index in [1.807, 2.05) is 11.3 Å². The smallest absolute Gasteiger partial charge is 0.201 e. The summed E-state index contributed by atoms with van der Waals surface area (Å²) in [6, 6.07) is 11.1. The largest absolute Gasteiger partial charge is 0.385 e. The van der Waals surface area contributed by atoms with E-state index in [9.17, 15) is 0 Å². The maximum atomic E-state index is 4.94. The molecule has 0 amide bonds. The fourth-order valence-electron chi connectivity index (χ4n) is 3.26. The van der Waals surface area contributed by atoms with Crippen LogP contribution in [0, 0.1) is 12.8 Å². The Morgan fingerprint density at radius 2 is 1.88 bits per heavy atom. The van der Waals surface area contributed by atoms with Crippen LogP contribution in [0.25, 0.3) is 20.8 Å². The summed E-state index contributed by atoms with van der Waals surface area (Å²) in [5, 5.41) is 4.84. The van der Waals surface area contributed by atoms with Crippen molar-refractivity contribution in [2.45, 2.75) is 41.0 Å². The predicted octanol–water partition coefficient (Wildman–Crippen LogP) is 4.98. The fraction of sp³-hybridized carbons (Fsp3) is 0.455. The lowest BCUT2D eigenvalue weighted by Crippen LogP contribution is -2.29. The highest BCUT2D eigenvalue weighted by Gasteiger charge is 2.13. The third kappa shape index (κ3) is 4.07. The van der Waals surface area contributed by atoms with E-state index in [2.05, 4.69) is 74.8 Å². The first kappa shape index (κ1) is 18.8. The molecule has 0 atom stereocenters. The Morgan fingerprint density at radius 3 is 2.58 bits per heavy atom. The van der Waals surface area contributed by atoms with E-state index in [-0.39, 0.29) is 0 Å². The van der Waals surface area contributed by atoms with Gasteiger partial charge in [0.25, 0.3) is 0 Å². The lowest BCUT2D eigenvalue weighted by molar-refractivity contribution is 0.607. The summed E-state index contributed by atoms with van der Waals surface area (Å²) in [7, 11) is 0. The first-order valence-electron chi connectivity index (χ1n) is 9.68. The van der Waals surface area contributed by atoms with Gasteiger partial charge in [-0.15, -0.1) is 11.3 Å². The normalized spacial score (nSPS) is 11.5. The number of hydrogen-bond donors (Lipinski definition) is 1. The van der Waals surface area contributed by atoms with E-state index < -0.39 is 0 Å². The Kier molecular flexibility index (Phi) is 5.92. The number of aromatic nitrogens is 1. The van der Waals surface area contributed by atoms with Gasteiger partial charge in [0.2, 0.25) is 5.36 Å². The van der Waals surface area contributed by atoms with Gasteiger partial charge in [0.15, 0.2) is 0 Å². The maximum absolute atomic E-state index is 4.94. The molecule has 0 radical (unpaired) electrons. The Hall–Kier alpha value is -1.94. The van der Waals surface area contributed by atoms with Gasteiger partial charge in [0.05, 0.1) is 20.8 Å². The minimum absolute atomic E-state index is 0.720. The van der Waals surface area contributed by atoms with Gasteiger partial charge in [-0.3, -0.25) is 0 Å². The van der Waals surface area contributed by atoms with E-state index in [4.69, 9.17) is 4.98 Å². The maximum Gasteiger partial charge on any atom is 0.201 e. The molecule has 1 aliphatic carbocycles. The predicted molar refractivity (Wildman–Crippen MR) is 115 cm³/mol. The number of nitrogens with one attached hydrogen (secondary N) is 1. The molecular formula is C22H30N3S+. The molecule has 138 valence electrons. The summed E-state index contributed by atoms with van der Waals surface area (Å²) in [5.74, 6) is 0.720. The Labute approximate surface area is 160 Å². The quantitative estimate of drug-likeness (QED) is 0.491. The zero-order valence-corrected chi connectivity index (χ0v) is 17.4. The van der Waals surface area contributed by atoms with Crippen molar-refractivity contribution in [3.63, 3.8) is 0 Å². The first-order chi connectivity index (χ1) is 12.5. The Morgan fingerprint density at radius 1 is 1.12 bits per heavy atom. The summed E-state index contributed by atoms with van der Waals surface area (Å²) in [5.41, 5.74) is 4.64. The number of rotatable bonds is 6. The van der Waals surface area contributed by atoms with E-state index in [0.29, 0.717) is 0 Å². The van der Waals surface area contributed by atoms with Crippen molar-refractivity contribution in [2.24, 2.45) is 5.92 Å². The summed E-state index contributed by atoms with van der Waals surface area (Å²) in [6.07, 6.45) is 1.18. The van der Waals surface area contributed by atoms with Gasteiger partial charge in [0.1, 0.15) is 13.1 Å². The van der Waals surface area contributed by atoms with Crippen LogP contribution in [0.4, 0.5) is 5.69 Å². The third-order valence-corrected chi connectivity index (χ3v) is 5.92. The van der Waals surface area contributed by atoms with E-state index in [0.717, 1.165) is 36.8 Å². The van der Waals surface area contributed by atoms with E-state index >= 15 is 0 Å². The molecule has 1 aromatic carbocycles. The van der Waals surface area contributed by atoms with Crippen LogP contribution in [0.1, 0.15) is 39.7 Å². The molecule has 0 aromatic heterocycles. The summed E-state index contributed by atoms with van der Waals surface area (Å²) >= 11 is 1.84. The summed E-state index contributed by atoms with van der Waals surface area (Å²) in [4.78, 5) is 6.21. The highest BCUT2D eigenvalue weighted by Crippen LogP contribution is 2.32. The van der Waals surface area contributed by atoms with Gasteiger partial charge >= 0.3 is 0 Å². The van der Waals surface area contributed by atoms with Gasteiger partial charge in [-0.05, 0) is 56.9 Å². The molecule has 1 N–H and O–H groups in total. The van der Waals surface area contributed by atoms with Crippen LogP contribution in [0.3, 0.4) is 0 Å². The standard InChI is InChI=1S/C22H29N3S/c1-6-25(7-2)18-12-16(5)22-21(14-18)26-20-13-17(8-9-19(20)24-22)23-11-10-15(3)4/h8-9,12-15H,6-7,10-11H2,1-5H3/p+1. The summed E-state index contributed by atoms with van der Waals surface area (Å²) in [6.45, 7) is 14.2. The average Bonchev–Trinajstić information content (AvgIpc) is 2.61. The van der Waals surface area contributed by atoms with Crippen LogP contribution < -0.4 is 15.2 Å².